The van der Waals surface area contributed by atoms with Crippen LogP contribution >= 0.6 is 24.2 Å². The molecule has 0 radical (unpaired) electrons. The van der Waals surface area contributed by atoms with Gasteiger partial charge in [-0.2, -0.15) is 0 Å². The summed E-state index contributed by atoms with van der Waals surface area (Å²) in [5.41, 5.74) is 0. The van der Waals surface area contributed by atoms with Crippen LogP contribution < -0.4 is 10.6 Å². The fourth-order valence-corrected chi connectivity index (χ4v) is 2.13. The number of carbonyl (C=O) groups is 1. The molecule has 0 bridgehead atoms. The highest BCUT2D eigenvalue weighted by atomic mass is 35.5. The Morgan fingerprint density at radius 1 is 1.53 bits per heavy atom. The van der Waals surface area contributed by atoms with Crippen LogP contribution in [0.4, 0.5) is 0 Å². The lowest BCUT2D eigenvalue weighted by molar-refractivity contribution is -0.122. The maximum Gasteiger partial charge on any atom is 0.238 e. The second kappa shape index (κ2) is 7.36. The molecule has 5 heteroatoms. The number of thioether (sulfide) groups is 1. The summed E-state index contributed by atoms with van der Waals surface area (Å²) in [5, 5.41) is 6.15. The molecule has 1 aliphatic heterocycles. The van der Waals surface area contributed by atoms with Crippen LogP contribution in [-0.2, 0) is 4.79 Å². The van der Waals surface area contributed by atoms with E-state index in [4.69, 9.17) is 0 Å². The van der Waals surface area contributed by atoms with Gasteiger partial charge in [0.15, 0.2) is 0 Å². The second-order valence-electron chi connectivity index (χ2n) is 4.24. The highest BCUT2D eigenvalue weighted by Gasteiger charge is 2.22. The maximum absolute atomic E-state index is 11.6. The fourth-order valence-electron chi connectivity index (χ4n) is 1.18. The molecule has 2 unspecified atom stereocenters. The summed E-state index contributed by atoms with van der Waals surface area (Å²) in [4.78, 5) is 11.6. The predicted molar refractivity (Wildman–Crippen MR) is 68.5 cm³/mol. The molecule has 90 valence electrons. The molecule has 15 heavy (non-hydrogen) atoms. The molecule has 1 saturated heterocycles. The van der Waals surface area contributed by atoms with Crippen molar-refractivity contribution in [2.75, 3.05) is 18.2 Å². The van der Waals surface area contributed by atoms with E-state index >= 15 is 0 Å². The van der Waals surface area contributed by atoms with Gasteiger partial charge in [-0.15, -0.1) is 24.2 Å². The van der Waals surface area contributed by atoms with Gasteiger partial charge in [-0.1, -0.05) is 20.8 Å². The summed E-state index contributed by atoms with van der Waals surface area (Å²) in [5.74, 6) is 3.14. The van der Waals surface area contributed by atoms with E-state index in [2.05, 4.69) is 31.4 Å². The Morgan fingerprint density at radius 2 is 2.20 bits per heavy atom. The zero-order chi connectivity index (χ0) is 10.6. The minimum atomic E-state index is 0. The van der Waals surface area contributed by atoms with E-state index in [1.165, 1.54) is 0 Å². The number of carbonyl (C=O) groups excluding carboxylic acids is 1. The molecule has 0 spiro atoms. The first-order valence-corrected chi connectivity index (χ1v) is 6.35. The van der Waals surface area contributed by atoms with Crippen LogP contribution in [0, 0.1) is 11.8 Å². The van der Waals surface area contributed by atoms with E-state index in [1.54, 1.807) is 11.8 Å². The summed E-state index contributed by atoms with van der Waals surface area (Å²) in [6, 6.07) is 0.0272. The topological polar surface area (TPSA) is 41.1 Å². The Balaban J connectivity index is 0.00000196. The minimum absolute atomic E-state index is 0. The van der Waals surface area contributed by atoms with Crippen LogP contribution in [0.3, 0.4) is 0 Å². The van der Waals surface area contributed by atoms with Crippen molar-refractivity contribution < 1.29 is 4.79 Å². The van der Waals surface area contributed by atoms with Gasteiger partial charge in [0.25, 0.3) is 0 Å². The zero-order valence-electron chi connectivity index (χ0n) is 9.58. The molecule has 2 atom stereocenters. The second-order valence-corrected chi connectivity index (χ2v) is 5.27. The Hall–Kier alpha value is 0.0700. The molecule has 0 aromatic heterocycles. The number of nitrogens with one attached hydrogen (secondary N) is 2. The minimum Gasteiger partial charge on any atom is -0.354 e. The monoisotopic (exact) mass is 252 g/mol. The third-order valence-corrected chi connectivity index (χ3v) is 3.71. The van der Waals surface area contributed by atoms with E-state index in [9.17, 15) is 4.79 Å². The fraction of sp³-hybridized carbons (Fsp3) is 0.900. The summed E-state index contributed by atoms with van der Waals surface area (Å²) >= 11 is 1.78. The molecule has 0 aromatic carbocycles. The quantitative estimate of drug-likeness (QED) is 0.797. The first-order valence-electron chi connectivity index (χ1n) is 5.20. The summed E-state index contributed by atoms with van der Waals surface area (Å²) in [6.45, 7) is 7.32. The number of hydrogen-bond donors (Lipinski definition) is 2. The lowest BCUT2D eigenvalue weighted by Gasteiger charge is -2.17. The lowest BCUT2D eigenvalue weighted by Crippen LogP contribution is -2.43. The van der Waals surface area contributed by atoms with Gasteiger partial charge >= 0.3 is 0 Å². The van der Waals surface area contributed by atoms with E-state index < -0.39 is 0 Å². The van der Waals surface area contributed by atoms with Crippen LogP contribution in [0.2, 0.25) is 0 Å². The number of hydrogen-bond acceptors (Lipinski definition) is 3. The highest BCUT2D eigenvalue weighted by Crippen LogP contribution is 2.10. The van der Waals surface area contributed by atoms with Gasteiger partial charge in [-0.25, -0.2) is 0 Å². The van der Waals surface area contributed by atoms with Crippen LogP contribution in [0.15, 0.2) is 0 Å². The van der Waals surface area contributed by atoms with Crippen molar-refractivity contribution in [3.8, 4) is 0 Å². The Kier molecular flexibility index (Phi) is 7.40. The molecule has 0 aromatic rings. The third-order valence-electron chi connectivity index (χ3n) is 2.77. The highest BCUT2D eigenvalue weighted by molar-refractivity contribution is 7.99. The van der Waals surface area contributed by atoms with Crippen LogP contribution in [0.25, 0.3) is 0 Å². The molecule has 0 aliphatic carbocycles. The molecule has 1 amide bonds. The number of halogens is 1. The average Bonchev–Trinajstić information content (AvgIpc) is 2.66. The van der Waals surface area contributed by atoms with E-state index in [-0.39, 0.29) is 24.4 Å². The molecule has 1 rings (SSSR count). The Labute approximate surface area is 103 Å². The van der Waals surface area contributed by atoms with Crippen molar-refractivity contribution in [3.63, 3.8) is 0 Å². The smallest absolute Gasteiger partial charge is 0.238 e. The molecule has 1 aliphatic rings. The van der Waals surface area contributed by atoms with Gasteiger partial charge in [0.1, 0.15) is 0 Å². The molecule has 1 heterocycles. The molecule has 3 nitrogen and oxygen atoms in total. The largest absolute Gasteiger partial charge is 0.354 e. The van der Waals surface area contributed by atoms with Crippen LogP contribution in [-0.4, -0.2) is 30.1 Å². The van der Waals surface area contributed by atoms with Gasteiger partial charge in [-0.05, 0) is 11.8 Å². The molecule has 0 saturated carbocycles. The average molecular weight is 253 g/mol. The summed E-state index contributed by atoms with van der Waals surface area (Å²) in [6.07, 6.45) is 0. The van der Waals surface area contributed by atoms with Crippen molar-refractivity contribution >= 4 is 30.1 Å². The zero-order valence-corrected chi connectivity index (χ0v) is 11.2. The normalized spacial score (nSPS) is 22.3. The van der Waals surface area contributed by atoms with Crippen molar-refractivity contribution in [1.29, 1.82) is 0 Å². The van der Waals surface area contributed by atoms with Gasteiger partial charge in [0, 0.05) is 18.2 Å². The number of amides is 1. The Bertz CT molecular complexity index is 196. The van der Waals surface area contributed by atoms with Crippen LogP contribution in [0.5, 0.6) is 0 Å². The van der Waals surface area contributed by atoms with E-state index in [0.29, 0.717) is 11.8 Å². The summed E-state index contributed by atoms with van der Waals surface area (Å²) < 4.78 is 0. The third kappa shape index (κ3) is 5.09. The van der Waals surface area contributed by atoms with Gasteiger partial charge in [0.2, 0.25) is 5.91 Å². The van der Waals surface area contributed by atoms with Crippen molar-refractivity contribution in [2.45, 2.75) is 26.8 Å². The van der Waals surface area contributed by atoms with Crippen LogP contribution in [0.1, 0.15) is 20.8 Å². The van der Waals surface area contributed by atoms with Crippen molar-refractivity contribution in [3.05, 3.63) is 0 Å². The molecular weight excluding hydrogens is 232 g/mol. The molecule has 1 fully saturated rings. The van der Waals surface area contributed by atoms with E-state index in [1.807, 2.05) is 0 Å². The molecular formula is C10H21ClN2OS. The van der Waals surface area contributed by atoms with Gasteiger partial charge in [0.05, 0.1) is 6.04 Å². The first-order chi connectivity index (χ1) is 6.61. The SMILES string of the molecule is CC(C)C(C)CNC(=O)C1CSCN1.Cl. The standard InChI is InChI=1S/C10H20N2OS.ClH/c1-7(2)8(3)4-11-10(13)9-5-14-6-12-9;/h7-9,12H,4-6H2,1-3H3,(H,11,13);1H. The molecule has 2 N–H and O–H groups in total. The lowest BCUT2D eigenvalue weighted by atomic mass is 9.98. The van der Waals surface area contributed by atoms with Gasteiger partial charge in [-0.3, -0.25) is 10.1 Å². The van der Waals surface area contributed by atoms with Gasteiger partial charge < -0.3 is 5.32 Å². The first kappa shape index (κ1) is 15.1. The number of rotatable bonds is 4. The van der Waals surface area contributed by atoms with Crippen molar-refractivity contribution in [1.82, 2.24) is 10.6 Å². The maximum atomic E-state index is 11.6. The van der Waals surface area contributed by atoms with Crippen molar-refractivity contribution in [2.24, 2.45) is 11.8 Å². The predicted octanol–water partition coefficient (Wildman–Crippen LogP) is 1.48. The Morgan fingerprint density at radius 3 is 2.67 bits per heavy atom. The summed E-state index contributed by atoms with van der Waals surface area (Å²) in [7, 11) is 0. The van der Waals surface area contributed by atoms with E-state index in [0.717, 1.165) is 18.2 Å².